The Labute approximate surface area is 156 Å². The second kappa shape index (κ2) is 8.50. The van der Waals surface area contributed by atoms with Crippen molar-refractivity contribution in [3.63, 3.8) is 0 Å². The van der Waals surface area contributed by atoms with E-state index in [0.717, 1.165) is 21.3 Å². The molecule has 5 heteroatoms. The van der Waals surface area contributed by atoms with Crippen molar-refractivity contribution in [2.45, 2.75) is 13.0 Å². The molecule has 0 heterocycles. The summed E-state index contributed by atoms with van der Waals surface area (Å²) in [6.07, 6.45) is 1.59. The zero-order valence-corrected chi connectivity index (χ0v) is 16.0. The Hall–Kier alpha value is -2.58. The maximum absolute atomic E-state index is 12.4. The number of nitriles is 1. The van der Waals surface area contributed by atoms with Crippen molar-refractivity contribution < 1.29 is 4.79 Å². The Bertz CT molecular complexity index is 823. The van der Waals surface area contributed by atoms with Crippen LogP contribution in [0.2, 0.25) is 0 Å². The normalized spacial score (nSPS) is 12.2. The molecule has 2 aromatic carbocycles. The molecule has 0 radical (unpaired) electrons. The van der Waals surface area contributed by atoms with E-state index in [1.807, 2.05) is 80.5 Å². The predicted octanol–water partition coefficient (Wildman–Crippen LogP) is 4.30. The first-order chi connectivity index (χ1) is 11.9. The van der Waals surface area contributed by atoms with E-state index in [9.17, 15) is 10.1 Å². The zero-order chi connectivity index (χ0) is 18.4. The lowest BCUT2D eigenvalue weighted by atomic mass is 10.1. The van der Waals surface area contributed by atoms with E-state index in [0.29, 0.717) is 0 Å². The highest BCUT2D eigenvalue weighted by Gasteiger charge is 2.14. The van der Waals surface area contributed by atoms with Crippen molar-refractivity contribution in [1.29, 1.82) is 5.26 Å². The Balaban J connectivity index is 2.18. The van der Waals surface area contributed by atoms with Crippen LogP contribution in [0.25, 0.3) is 6.08 Å². The monoisotopic (exact) mass is 397 g/mol. The van der Waals surface area contributed by atoms with Crippen LogP contribution < -0.4 is 10.2 Å². The molecule has 1 N–H and O–H groups in total. The first-order valence-electron chi connectivity index (χ1n) is 7.87. The van der Waals surface area contributed by atoms with E-state index in [4.69, 9.17) is 0 Å². The number of nitrogens with zero attached hydrogens (tertiary/aromatic N) is 2. The van der Waals surface area contributed by atoms with Crippen LogP contribution in [-0.4, -0.2) is 20.0 Å². The van der Waals surface area contributed by atoms with Gasteiger partial charge in [-0.25, -0.2) is 0 Å². The van der Waals surface area contributed by atoms with E-state index in [1.165, 1.54) is 0 Å². The summed E-state index contributed by atoms with van der Waals surface area (Å²) in [4.78, 5) is 14.4. The lowest BCUT2D eigenvalue weighted by molar-refractivity contribution is -0.117. The third kappa shape index (κ3) is 4.94. The number of hydrogen-bond acceptors (Lipinski definition) is 3. The number of carbonyl (C=O) groups excluding carboxylic acids is 1. The summed E-state index contributed by atoms with van der Waals surface area (Å²) in [6.45, 7) is 1.89. The molecule has 0 aliphatic rings. The van der Waals surface area contributed by atoms with Gasteiger partial charge >= 0.3 is 0 Å². The van der Waals surface area contributed by atoms with Gasteiger partial charge in [0.05, 0.1) is 11.7 Å². The fourth-order valence-corrected chi connectivity index (χ4v) is 3.14. The van der Waals surface area contributed by atoms with Gasteiger partial charge in [-0.15, -0.1) is 0 Å². The summed E-state index contributed by atoms with van der Waals surface area (Å²) in [6, 6.07) is 17.2. The van der Waals surface area contributed by atoms with Gasteiger partial charge in [0, 0.05) is 18.6 Å². The summed E-state index contributed by atoms with van der Waals surface area (Å²) >= 11 is 3.51. The molecule has 0 aliphatic carbocycles. The molecule has 2 rings (SSSR count). The molecule has 0 saturated heterocycles. The first-order valence-corrected chi connectivity index (χ1v) is 8.66. The summed E-state index contributed by atoms with van der Waals surface area (Å²) in [7, 11) is 3.91. The predicted molar refractivity (Wildman–Crippen MR) is 105 cm³/mol. The minimum absolute atomic E-state index is 0.0762. The quantitative estimate of drug-likeness (QED) is 0.604. The minimum atomic E-state index is -0.383. The number of anilines is 1. The molecule has 0 unspecified atom stereocenters. The Morgan fingerprint density at radius 3 is 2.48 bits per heavy atom. The SMILES string of the molecule is C[C@@H](NC(=O)/C(C#N)=C/c1ccc(N(C)C)c(Br)c1)c1ccccc1. The van der Waals surface area contributed by atoms with E-state index in [-0.39, 0.29) is 17.5 Å². The van der Waals surface area contributed by atoms with Crippen LogP contribution >= 0.6 is 15.9 Å². The van der Waals surface area contributed by atoms with Crippen LogP contribution in [0.1, 0.15) is 24.1 Å². The molecule has 0 saturated carbocycles. The van der Waals surface area contributed by atoms with Gasteiger partial charge in [0.1, 0.15) is 11.6 Å². The van der Waals surface area contributed by atoms with Crippen molar-refractivity contribution in [3.05, 3.63) is 69.7 Å². The van der Waals surface area contributed by atoms with Crippen LogP contribution in [0, 0.1) is 11.3 Å². The van der Waals surface area contributed by atoms with E-state index < -0.39 is 0 Å². The third-order valence-corrected chi connectivity index (χ3v) is 4.41. The van der Waals surface area contributed by atoms with Gasteiger partial charge in [-0.2, -0.15) is 5.26 Å². The van der Waals surface area contributed by atoms with Gasteiger partial charge in [-0.05, 0) is 52.2 Å². The molecule has 2 aromatic rings. The largest absolute Gasteiger partial charge is 0.377 e. The first kappa shape index (κ1) is 18.8. The fourth-order valence-electron chi connectivity index (χ4n) is 2.39. The molecule has 0 spiro atoms. The third-order valence-electron chi connectivity index (χ3n) is 3.78. The Kier molecular flexibility index (Phi) is 6.37. The average Bonchev–Trinajstić information content (AvgIpc) is 2.60. The zero-order valence-electron chi connectivity index (χ0n) is 14.5. The van der Waals surface area contributed by atoms with Crippen molar-refractivity contribution in [2.75, 3.05) is 19.0 Å². The molecule has 0 aliphatic heterocycles. The maximum Gasteiger partial charge on any atom is 0.262 e. The molecular formula is C20H20BrN3O. The topological polar surface area (TPSA) is 56.1 Å². The molecule has 25 heavy (non-hydrogen) atoms. The van der Waals surface area contributed by atoms with E-state index in [1.54, 1.807) is 6.08 Å². The number of halogens is 1. The summed E-state index contributed by atoms with van der Waals surface area (Å²) < 4.78 is 0.904. The van der Waals surface area contributed by atoms with Gasteiger partial charge in [-0.1, -0.05) is 36.4 Å². The maximum atomic E-state index is 12.4. The second-order valence-corrected chi connectivity index (χ2v) is 6.74. The van der Waals surface area contributed by atoms with Crippen molar-refractivity contribution >= 4 is 33.6 Å². The Morgan fingerprint density at radius 1 is 1.24 bits per heavy atom. The molecular weight excluding hydrogens is 378 g/mol. The smallest absolute Gasteiger partial charge is 0.262 e. The summed E-state index contributed by atoms with van der Waals surface area (Å²) in [5, 5.41) is 12.2. The number of benzene rings is 2. The lowest BCUT2D eigenvalue weighted by Gasteiger charge is -2.15. The highest BCUT2D eigenvalue weighted by molar-refractivity contribution is 9.10. The number of rotatable bonds is 5. The molecule has 1 amide bonds. The number of amides is 1. The molecule has 1 atom stereocenters. The molecule has 128 valence electrons. The van der Waals surface area contributed by atoms with Gasteiger partial charge in [0.2, 0.25) is 0 Å². The number of hydrogen-bond donors (Lipinski definition) is 1. The van der Waals surface area contributed by atoms with Gasteiger partial charge in [-0.3, -0.25) is 4.79 Å². The second-order valence-electron chi connectivity index (χ2n) is 5.88. The molecule has 4 nitrogen and oxygen atoms in total. The number of nitrogens with one attached hydrogen (secondary N) is 1. The lowest BCUT2D eigenvalue weighted by Crippen LogP contribution is -2.27. The molecule has 0 aromatic heterocycles. The highest BCUT2D eigenvalue weighted by atomic mass is 79.9. The van der Waals surface area contributed by atoms with Crippen LogP contribution in [-0.2, 0) is 4.79 Å². The van der Waals surface area contributed by atoms with Crippen LogP contribution in [0.15, 0.2) is 58.6 Å². The molecule has 0 fully saturated rings. The summed E-state index contributed by atoms with van der Waals surface area (Å²) in [5.74, 6) is -0.383. The van der Waals surface area contributed by atoms with Crippen LogP contribution in [0.3, 0.4) is 0 Å². The van der Waals surface area contributed by atoms with Gasteiger partial charge in [0.15, 0.2) is 0 Å². The van der Waals surface area contributed by atoms with Crippen LogP contribution in [0.5, 0.6) is 0 Å². The number of carbonyl (C=O) groups is 1. The van der Waals surface area contributed by atoms with Crippen LogP contribution in [0.4, 0.5) is 5.69 Å². The molecule has 0 bridgehead atoms. The van der Waals surface area contributed by atoms with Crippen molar-refractivity contribution in [2.24, 2.45) is 0 Å². The fraction of sp³-hybridized carbons (Fsp3) is 0.200. The Morgan fingerprint density at radius 2 is 1.92 bits per heavy atom. The highest BCUT2D eigenvalue weighted by Crippen LogP contribution is 2.26. The van der Waals surface area contributed by atoms with Crippen molar-refractivity contribution in [3.8, 4) is 6.07 Å². The standard InChI is InChI=1S/C20H20BrN3O/c1-14(16-7-5-4-6-8-16)23-20(25)17(13-22)11-15-9-10-19(24(2)3)18(21)12-15/h4-12,14H,1-3H3,(H,23,25)/b17-11+/t14-/m1/s1. The van der Waals surface area contributed by atoms with Crippen molar-refractivity contribution in [1.82, 2.24) is 5.32 Å². The van der Waals surface area contributed by atoms with Gasteiger partial charge in [0.25, 0.3) is 5.91 Å². The van der Waals surface area contributed by atoms with Gasteiger partial charge < -0.3 is 10.2 Å². The minimum Gasteiger partial charge on any atom is -0.377 e. The van der Waals surface area contributed by atoms with E-state index in [2.05, 4.69) is 21.2 Å². The van der Waals surface area contributed by atoms with E-state index >= 15 is 0 Å². The average molecular weight is 398 g/mol. The summed E-state index contributed by atoms with van der Waals surface area (Å²) in [5.41, 5.74) is 2.88.